The molecule has 0 spiro atoms. The van der Waals surface area contributed by atoms with E-state index in [2.05, 4.69) is 0 Å². The quantitative estimate of drug-likeness (QED) is 0.807. The molecule has 1 aliphatic rings. The van der Waals surface area contributed by atoms with Crippen molar-refractivity contribution in [2.45, 2.75) is 4.90 Å². The van der Waals surface area contributed by atoms with Crippen molar-refractivity contribution in [1.29, 1.82) is 0 Å². The number of carboxylic acid groups (broad SMARTS) is 1. The fourth-order valence-corrected chi connectivity index (χ4v) is 4.33. The van der Waals surface area contributed by atoms with Crippen LogP contribution >= 0.6 is 0 Å². The van der Waals surface area contributed by atoms with E-state index in [-0.39, 0.29) is 23.8 Å². The van der Waals surface area contributed by atoms with Crippen molar-refractivity contribution in [1.82, 2.24) is 0 Å². The molecule has 0 aliphatic carbocycles. The van der Waals surface area contributed by atoms with Gasteiger partial charge < -0.3 is 14.6 Å². The van der Waals surface area contributed by atoms with Crippen molar-refractivity contribution in [2.75, 3.05) is 24.6 Å². The summed E-state index contributed by atoms with van der Waals surface area (Å²) in [5.41, 5.74) is 0.889. The third-order valence-electron chi connectivity index (χ3n) is 3.86. The minimum absolute atomic E-state index is 0.0377. The number of carboxylic acids is 1. The molecule has 2 aromatic rings. The summed E-state index contributed by atoms with van der Waals surface area (Å²) >= 11 is 0. The van der Waals surface area contributed by atoms with E-state index in [1.165, 1.54) is 29.6 Å². The molecule has 3 rings (SSSR count). The van der Waals surface area contributed by atoms with Crippen molar-refractivity contribution in [2.24, 2.45) is 0 Å². The maximum absolute atomic E-state index is 13.3. The highest BCUT2D eigenvalue weighted by Gasteiger charge is 2.32. The first kappa shape index (κ1) is 17.8. The Balaban J connectivity index is 2.10. The molecular formula is C18H17NO6S. The SMILES string of the molecule is COc1ccc(C=CC(=O)O)cc1S(=O)(=O)N1CCOc2ccccc21. The van der Waals surface area contributed by atoms with Gasteiger partial charge in [-0.05, 0) is 35.9 Å². The van der Waals surface area contributed by atoms with Crippen LogP contribution in [0.2, 0.25) is 0 Å². The Morgan fingerprint density at radius 3 is 2.77 bits per heavy atom. The predicted octanol–water partition coefficient (Wildman–Crippen LogP) is 2.38. The van der Waals surface area contributed by atoms with Crippen LogP contribution in [0.5, 0.6) is 11.5 Å². The molecule has 2 aromatic carbocycles. The van der Waals surface area contributed by atoms with Gasteiger partial charge in [0.05, 0.1) is 19.3 Å². The van der Waals surface area contributed by atoms with E-state index in [1.807, 2.05) is 0 Å². The average molecular weight is 375 g/mol. The average Bonchev–Trinajstić information content (AvgIpc) is 2.65. The summed E-state index contributed by atoms with van der Waals surface area (Å²) in [5.74, 6) is -0.447. The Bertz CT molecular complexity index is 967. The lowest BCUT2D eigenvalue weighted by Crippen LogP contribution is -2.38. The highest BCUT2D eigenvalue weighted by atomic mass is 32.2. The Kier molecular flexibility index (Phi) is 4.85. The molecule has 0 amide bonds. The Labute approximate surface area is 151 Å². The van der Waals surface area contributed by atoms with E-state index in [0.29, 0.717) is 17.0 Å². The Morgan fingerprint density at radius 1 is 1.27 bits per heavy atom. The maximum Gasteiger partial charge on any atom is 0.328 e. The van der Waals surface area contributed by atoms with Crippen LogP contribution in [-0.4, -0.2) is 39.8 Å². The monoisotopic (exact) mass is 375 g/mol. The van der Waals surface area contributed by atoms with Crippen LogP contribution in [-0.2, 0) is 14.8 Å². The van der Waals surface area contributed by atoms with E-state index >= 15 is 0 Å². The van der Waals surface area contributed by atoms with Gasteiger partial charge in [0.25, 0.3) is 10.0 Å². The molecule has 0 saturated heterocycles. The molecule has 0 aromatic heterocycles. The maximum atomic E-state index is 13.3. The molecule has 1 heterocycles. The largest absolute Gasteiger partial charge is 0.495 e. The van der Waals surface area contributed by atoms with Gasteiger partial charge in [0, 0.05) is 6.08 Å². The zero-order valence-corrected chi connectivity index (χ0v) is 14.8. The molecule has 26 heavy (non-hydrogen) atoms. The molecule has 8 heteroatoms. The summed E-state index contributed by atoms with van der Waals surface area (Å²) in [5, 5.41) is 8.77. The van der Waals surface area contributed by atoms with Crippen LogP contribution in [0.4, 0.5) is 5.69 Å². The summed E-state index contributed by atoms with van der Waals surface area (Å²) in [6.07, 6.45) is 2.27. The first-order valence-corrected chi connectivity index (χ1v) is 9.21. The summed E-state index contributed by atoms with van der Waals surface area (Å²) in [4.78, 5) is 10.7. The van der Waals surface area contributed by atoms with Crippen molar-refractivity contribution in [3.05, 3.63) is 54.1 Å². The summed E-state index contributed by atoms with van der Waals surface area (Å²) in [6.45, 7) is 0.398. The smallest absolute Gasteiger partial charge is 0.328 e. The van der Waals surface area contributed by atoms with E-state index in [9.17, 15) is 13.2 Å². The standard InChI is InChI=1S/C18H17NO6S/c1-24-16-8-6-13(7-9-18(20)21)12-17(16)26(22,23)19-10-11-25-15-5-3-2-4-14(15)19/h2-9,12H,10-11H2,1H3,(H,20,21). The Hall–Kier alpha value is -3.00. The summed E-state index contributed by atoms with van der Waals surface area (Å²) in [6, 6.07) is 11.4. The number of ether oxygens (including phenoxy) is 2. The number of hydrogen-bond donors (Lipinski definition) is 1. The Morgan fingerprint density at radius 2 is 2.04 bits per heavy atom. The van der Waals surface area contributed by atoms with Gasteiger partial charge in [0.2, 0.25) is 0 Å². The second-order valence-corrected chi connectivity index (χ2v) is 7.31. The fourth-order valence-electron chi connectivity index (χ4n) is 2.68. The molecular weight excluding hydrogens is 358 g/mol. The van der Waals surface area contributed by atoms with Crippen molar-refractivity contribution >= 4 is 27.8 Å². The lowest BCUT2D eigenvalue weighted by molar-refractivity contribution is -0.131. The first-order valence-electron chi connectivity index (χ1n) is 7.77. The highest BCUT2D eigenvalue weighted by Crippen LogP contribution is 2.37. The number of carbonyl (C=O) groups is 1. The van der Waals surface area contributed by atoms with Crippen LogP contribution in [0.3, 0.4) is 0 Å². The molecule has 1 N–H and O–H groups in total. The van der Waals surface area contributed by atoms with Crippen molar-refractivity contribution in [3.8, 4) is 11.5 Å². The molecule has 0 radical (unpaired) electrons. The number of fused-ring (bicyclic) bond motifs is 1. The van der Waals surface area contributed by atoms with Crippen LogP contribution in [0.1, 0.15) is 5.56 Å². The zero-order chi connectivity index (χ0) is 18.7. The minimum atomic E-state index is -3.93. The number of benzene rings is 2. The van der Waals surface area contributed by atoms with Crippen molar-refractivity contribution in [3.63, 3.8) is 0 Å². The fraction of sp³-hybridized carbons (Fsp3) is 0.167. The number of rotatable bonds is 5. The van der Waals surface area contributed by atoms with Gasteiger partial charge >= 0.3 is 5.97 Å². The van der Waals surface area contributed by atoms with Gasteiger partial charge in [-0.1, -0.05) is 18.2 Å². The van der Waals surface area contributed by atoms with E-state index in [4.69, 9.17) is 14.6 Å². The molecule has 0 atom stereocenters. The topological polar surface area (TPSA) is 93.1 Å². The zero-order valence-electron chi connectivity index (χ0n) is 14.0. The number of methoxy groups -OCH3 is 1. The summed E-state index contributed by atoms with van der Waals surface area (Å²) < 4.78 is 38.5. The van der Waals surface area contributed by atoms with Gasteiger partial charge in [-0.3, -0.25) is 4.31 Å². The van der Waals surface area contributed by atoms with Gasteiger partial charge in [0.1, 0.15) is 23.0 Å². The normalized spacial score (nSPS) is 14.0. The number of sulfonamides is 1. The molecule has 1 aliphatic heterocycles. The van der Waals surface area contributed by atoms with Gasteiger partial charge in [0.15, 0.2) is 0 Å². The van der Waals surface area contributed by atoms with E-state index in [0.717, 1.165) is 6.08 Å². The third kappa shape index (κ3) is 3.36. The second-order valence-electron chi connectivity index (χ2n) is 5.48. The number of anilines is 1. The van der Waals surface area contributed by atoms with Crippen LogP contribution in [0, 0.1) is 0 Å². The molecule has 0 unspecified atom stereocenters. The molecule has 0 fully saturated rings. The molecule has 0 saturated carbocycles. The van der Waals surface area contributed by atoms with Crippen LogP contribution in [0.15, 0.2) is 53.4 Å². The van der Waals surface area contributed by atoms with Gasteiger partial charge in [-0.15, -0.1) is 0 Å². The predicted molar refractivity (Wildman–Crippen MR) is 96.1 cm³/mol. The lowest BCUT2D eigenvalue weighted by Gasteiger charge is -2.30. The number of hydrogen-bond acceptors (Lipinski definition) is 5. The second kappa shape index (κ2) is 7.09. The van der Waals surface area contributed by atoms with Crippen LogP contribution in [0.25, 0.3) is 6.08 Å². The highest BCUT2D eigenvalue weighted by molar-refractivity contribution is 7.93. The van der Waals surface area contributed by atoms with Gasteiger partial charge in [-0.2, -0.15) is 0 Å². The first-order chi connectivity index (χ1) is 12.4. The van der Waals surface area contributed by atoms with E-state index in [1.54, 1.807) is 30.3 Å². The van der Waals surface area contributed by atoms with Gasteiger partial charge in [-0.25, -0.2) is 13.2 Å². The van der Waals surface area contributed by atoms with Crippen LogP contribution < -0.4 is 13.8 Å². The number of nitrogens with zero attached hydrogens (tertiary/aromatic N) is 1. The molecule has 0 bridgehead atoms. The minimum Gasteiger partial charge on any atom is -0.495 e. The number of aliphatic carboxylic acids is 1. The molecule has 136 valence electrons. The lowest BCUT2D eigenvalue weighted by atomic mass is 10.2. The molecule has 7 nitrogen and oxygen atoms in total. The van der Waals surface area contributed by atoms with E-state index < -0.39 is 16.0 Å². The third-order valence-corrected chi connectivity index (χ3v) is 5.69. The number of para-hydroxylation sites is 2. The summed E-state index contributed by atoms with van der Waals surface area (Å²) in [7, 11) is -2.55. The van der Waals surface area contributed by atoms with Crippen molar-refractivity contribution < 1.29 is 27.8 Å².